The van der Waals surface area contributed by atoms with Crippen molar-refractivity contribution < 1.29 is 9.84 Å². The van der Waals surface area contributed by atoms with E-state index in [1.165, 1.54) is 43.4 Å². The van der Waals surface area contributed by atoms with Crippen LogP contribution in [-0.4, -0.2) is 31.7 Å². The highest BCUT2D eigenvalue weighted by atomic mass is 32.1. The molecule has 1 aromatic carbocycles. The number of pyridine rings is 1. The summed E-state index contributed by atoms with van der Waals surface area (Å²) in [5.74, 6) is 3.25. The second-order valence-electron chi connectivity index (χ2n) is 7.80. The number of hydrogen-bond donors (Lipinski definition) is 2. The summed E-state index contributed by atoms with van der Waals surface area (Å²) in [6, 6.07) is 7.61. The van der Waals surface area contributed by atoms with Crippen LogP contribution < -0.4 is 10.5 Å². The lowest BCUT2D eigenvalue weighted by molar-refractivity contribution is 0.385. The second-order valence-corrected chi connectivity index (χ2v) is 8.86. The van der Waals surface area contributed by atoms with Crippen molar-refractivity contribution in [2.45, 2.75) is 39.0 Å². The first kappa shape index (κ1) is 23.7. The van der Waals surface area contributed by atoms with Crippen LogP contribution in [0.5, 0.6) is 11.5 Å². The van der Waals surface area contributed by atoms with Crippen LogP contribution in [0.2, 0.25) is 0 Å². The minimum Gasteiger partial charge on any atom is -0.456 e. The van der Waals surface area contributed by atoms with Gasteiger partial charge in [0.15, 0.2) is 5.13 Å². The minimum atomic E-state index is 0.551. The highest BCUT2D eigenvalue weighted by Crippen LogP contribution is 2.31. The number of fused-ring (bicyclic) bond motifs is 1. The van der Waals surface area contributed by atoms with Crippen LogP contribution in [0.25, 0.3) is 21.6 Å². The zero-order valence-corrected chi connectivity index (χ0v) is 19.7. The standard InChI is InChI=1S/C16H13N5OS.C7H14.CH4O/c1-21-5-4-19-15(21)10-6-12(9-18-8-10)22-11-2-3-13-14(7-11)23-16(17)20-13;1-7-5-3-2-4-6-7;1-2/h2-9H,1H3,(H2,17,20);7H,2-6H2,1H3;2H,1H3. The summed E-state index contributed by atoms with van der Waals surface area (Å²) >= 11 is 1.44. The van der Waals surface area contributed by atoms with Crippen molar-refractivity contribution in [2.24, 2.45) is 13.0 Å². The molecule has 1 aliphatic rings. The second kappa shape index (κ2) is 11.6. The van der Waals surface area contributed by atoms with E-state index >= 15 is 0 Å². The molecule has 1 saturated carbocycles. The number of anilines is 1. The molecule has 0 aliphatic heterocycles. The SMILES string of the molecule is CC1CCCCC1.CO.Cn1ccnc1-c1cncc(Oc2ccc3nc(N)sc3c2)c1. The predicted molar refractivity (Wildman–Crippen MR) is 131 cm³/mol. The van der Waals surface area contributed by atoms with Gasteiger partial charge in [-0.15, -0.1) is 0 Å². The largest absolute Gasteiger partial charge is 0.456 e. The first-order valence-electron chi connectivity index (χ1n) is 10.8. The zero-order chi connectivity index (χ0) is 22.9. The third-order valence-corrected chi connectivity index (χ3v) is 6.15. The molecule has 0 amide bonds. The Hall–Kier alpha value is -2.97. The van der Waals surface area contributed by atoms with E-state index in [9.17, 15) is 0 Å². The first-order chi connectivity index (χ1) is 15.6. The molecule has 0 bridgehead atoms. The van der Waals surface area contributed by atoms with Crippen molar-refractivity contribution >= 4 is 26.7 Å². The maximum Gasteiger partial charge on any atom is 0.181 e. The molecule has 1 fully saturated rings. The third kappa shape index (κ3) is 6.27. The van der Waals surface area contributed by atoms with E-state index in [1.807, 2.05) is 42.1 Å². The maximum atomic E-state index is 7.00. The Bertz CT molecular complexity index is 1120. The van der Waals surface area contributed by atoms with Crippen molar-refractivity contribution in [3.8, 4) is 22.9 Å². The van der Waals surface area contributed by atoms with E-state index in [0.717, 1.165) is 40.4 Å². The molecule has 5 rings (SSSR count). The number of thiazole rings is 1. The van der Waals surface area contributed by atoms with Crippen LogP contribution in [0.4, 0.5) is 5.13 Å². The van der Waals surface area contributed by atoms with Crippen LogP contribution in [0.3, 0.4) is 0 Å². The fourth-order valence-electron chi connectivity index (χ4n) is 3.67. The number of benzene rings is 1. The zero-order valence-electron chi connectivity index (χ0n) is 18.9. The van der Waals surface area contributed by atoms with Gasteiger partial charge in [-0.2, -0.15) is 0 Å². The molecule has 7 nitrogen and oxygen atoms in total. The Morgan fingerprint density at radius 3 is 2.53 bits per heavy atom. The van der Waals surface area contributed by atoms with E-state index in [1.54, 1.807) is 18.6 Å². The molecular weight excluding hydrogens is 422 g/mol. The van der Waals surface area contributed by atoms with Crippen molar-refractivity contribution in [3.05, 3.63) is 49.1 Å². The van der Waals surface area contributed by atoms with Crippen LogP contribution in [0.1, 0.15) is 39.0 Å². The van der Waals surface area contributed by atoms with Gasteiger partial charge < -0.3 is 20.1 Å². The summed E-state index contributed by atoms with van der Waals surface area (Å²) in [6.07, 6.45) is 14.5. The first-order valence-corrected chi connectivity index (χ1v) is 11.6. The lowest BCUT2D eigenvalue weighted by atomic mass is 9.91. The average Bonchev–Trinajstić information content (AvgIpc) is 3.40. The Labute approximate surface area is 192 Å². The van der Waals surface area contributed by atoms with Gasteiger partial charge in [-0.3, -0.25) is 4.98 Å². The molecule has 32 heavy (non-hydrogen) atoms. The van der Waals surface area contributed by atoms with Gasteiger partial charge in [0.05, 0.1) is 16.4 Å². The Morgan fingerprint density at radius 1 is 1.09 bits per heavy atom. The molecule has 0 spiro atoms. The average molecular weight is 454 g/mol. The van der Waals surface area contributed by atoms with Gasteiger partial charge in [-0.05, 0) is 24.1 Å². The van der Waals surface area contributed by atoms with E-state index in [2.05, 4.69) is 21.9 Å². The monoisotopic (exact) mass is 453 g/mol. The Morgan fingerprint density at radius 2 is 1.88 bits per heavy atom. The normalized spacial score (nSPS) is 13.6. The van der Waals surface area contributed by atoms with Gasteiger partial charge in [-0.1, -0.05) is 50.4 Å². The predicted octanol–water partition coefficient (Wildman–Crippen LogP) is 5.66. The molecule has 170 valence electrons. The summed E-state index contributed by atoms with van der Waals surface area (Å²) < 4.78 is 8.84. The van der Waals surface area contributed by atoms with Gasteiger partial charge in [0.1, 0.15) is 17.3 Å². The maximum absolute atomic E-state index is 7.00. The van der Waals surface area contributed by atoms with Gasteiger partial charge >= 0.3 is 0 Å². The van der Waals surface area contributed by atoms with Gasteiger partial charge in [0.25, 0.3) is 0 Å². The van der Waals surface area contributed by atoms with E-state index < -0.39 is 0 Å². The number of aliphatic hydroxyl groups excluding tert-OH is 1. The lowest BCUT2D eigenvalue weighted by Gasteiger charge is -2.15. The number of nitrogen functional groups attached to an aromatic ring is 1. The number of ether oxygens (including phenoxy) is 1. The molecule has 3 heterocycles. The quantitative estimate of drug-likeness (QED) is 0.415. The van der Waals surface area contributed by atoms with E-state index in [0.29, 0.717) is 10.9 Å². The Balaban J connectivity index is 0.000000272. The summed E-state index contributed by atoms with van der Waals surface area (Å²) in [4.78, 5) is 12.8. The van der Waals surface area contributed by atoms with Crippen LogP contribution in [-0.2, 0) is 7.05 Å². The molecule has 3 N–H and O–H groups in total. The molecular formula is C24H31N5O2S. The number of aliphatic hydroxyl groups is 1. The number of rotatable bonds is 3. The Kier molecular flexibility index (Phi) is 8.58. The highest BCUT2D eigenvalue weighted by Gasteiger charge is 2.08. The fraction of sp³-hybridized carbons (Fsp3) is 0.375. The number of nitrogens with two attached hydrogens (primary N) is 1. The smallest absolute Gasteiger partial charge is 0.181 e. The highest BCUT2D eigenvalue weighted by molar-refractivity contribution is 7.22. The van der Waals surface area contributed by atoms with Crippen LogP contribution in [0, 0.1) is 5.92 Å². The third-order valence-electron chi connectivity index (χ3n) is 5.30. The number of imidazole rings is 1. The molecule has 0 saturated heterocycles. The van der Waals surface area contributed by atoms with Gasteiger partial charge in [0.2, 0.25) is 0 Å². The van der Waals surface area contributed by atoms with Crippen molar-refractivity contribution in [1.82, 2.24) is 19.5 Å². The van der Waals surface area contributed by atoms with Crippen molar-refractivity contribution in [1.29, 1.82) is 0 Å². The number of hydrogen-bond acceptors (Lipinski definition) is 7. The fourth-order valence-corrected chi connectivity index (χ4v) is 4.43. The van der Waals surface area contributed by atoms with E-state index in [-0.39, 0.29) is 0 Å². The lowest BCUT2D eigenvalue weighted by Crippen LogP contribution is -1.99. The molecule has 8 heteroatoms. The van der Waals surface area contributed by atoms with Crippen molar-refractivity contribution in [3.63, 3.8) is 0 Å². The summed E-state index contributed by atoms with van der Waals surface area (Å²) in [5, 5.41) is 7.55. The topological polar surface area (TPSA) is 99.1 Å². The number of nitrogens with zero attached hydrogens (tertiary/aromatic N) is 4. The molecule has 4 aromatic rings. The van der Waals surface area contributed by atoms with Crippen LogP contribution >= 0.6 is 11.3 Å². The summed E-state index contributed by atoms with van der Waals surface area (Å²) in [5.41, 5.74) is 7.50. The minimum absolute atomic E-state index is 0.551. The van der Waals surface area contributed by atoms with Crippen LogP contribution in [0.15, 0.2) is 49.1 Å². The molecule has 0 radical (unpaired) electrons. The molecule has 1 aliphatic carbocycles. The summed E-state index contributed by atoms with van der Waals surface area (Å²) in [7, 11) is 2.94. The molecule has 3 aromatic heterocycles. The molecule has 0 atom stereocenters. The van der Waals surface area contributed by atoms with Crippen molar-refractivity contribution in [2.75, 3.05) is 12.8 Å². The number of aryl methyl sites for hydroxylation is 1. The van der Waals surface area contributed by atoms with E-state index in [4.69, 9.17) is 15.6 Å². The van der Waals surface area contributed by atoms with Gasteiger partial charge in [-0.25, -0.2) is 9.97 Å². The molecule has 0 unspecified atom stereocenters. The number of aromatic nitrogens is 4. The summed E-state index contributed by atoms with van der Waals surface area (Å²) in [6.45, 7) is 2.36. The van der Waals surface area contributed by atoms with Gasteiger partial charge in [0, 0.05) is 44.4 Å².